The van der Waals surface area contributed by atoms with Gasteiger partial charge in [-0.25, -0.2) is 4.98 Å². The number of hydrogen-bond acceptors (Lipinski definition) is 4. The largest absolute Gasteiger partial charge is 0.485 e. The van der Waals surface area contributed by atoms with E-state index in [9.17, 15) is 18.0 Å². The van der Waals surface area contributed by atoms with Crippen molar-refractivity contribution < 1.29 is 27.8 Å². The van der Waals surface area contributed by atoms with Crippen molar-refractivity contribution in [2.24, 2.45) is 0 Å². The SMILES string of the molecule is C[C@H](Oc1ccc2c(CC(=O)O)c[nH]c2c1)c1sc(-c2ccc(C(F)(F)F)cc2)nc1CCc1ccccc1. The lowest BCUT2D eigenvalue weighted by Gasteiger charge is -2.15. The number of benzene rings is 3. The molecule has 0 unspecified atom stereocenters. The zero-order valence-corrected chi connectivity index (χ0v) is 21.8. The Labute approximate surface area is 226 Å². The number of alkyl halides is 3. The second-order valence-corrected chi connectivity index (χ2v) is 10.3. The van der Waals surface area contributed by atoms with E-state index in [0.717, 1.165) is 45.6 Å². The zero-order valence-electron chi connectivity index (χ0n) is 21.0. The lowest BCUT2D eigenvalue weighted by Crippen LogP contribution is -2.05. The highest BCUT2D eigenvalue weighted by Gasteiger charge is 2.30. The predicted molar refractivity (Wildman–Crippen MR) is 145 cm³/mol. The van der Waals surface area contributed by atoms with Crippen LogP contribution in [0, 0.1) is 0 Å². The molecule has 1 atom stereocenters. The second kappa shape index (κ2) is 10.9. The molecule has 2 aromatic heterocycles. The standard InChI is InChI=1S/C30H25F3N2O3S/c1-18(38-23-12-13-24-21(15-27(36)37)17-34-26(24)16-23)28-25(14-7-19-5-3-2-4-6-19)35-29(39-28)20-8-10-22(11-9-20)30(31,32)33/h2-6,8-13,16-18,34H,7,14-15H2,1H3,(H,36,37)/t18-/m0/s1. The first-order valence-corrected chi connectivity index (χ1v) is 13.2. The molecule has 0 amide bonds. The first kappa shape index (κ1) is 26.5. The van der Waals surface area contributed by atoms with Crippen molar-refractivity contribution in [3.63, 3.8) is 0 Å². The van der Waals surface area contributed by atoms with E-state index < -0.39 is 17.7 Å². The van der Waals surface area contributed by atoms with Gasteiger partial charge in [-0.3, -0.25) is 4.79 Å². The first-order chi connectivity index (χ1) is 18.7. The van der Waals surface area contributed by atoms with E-state index in [0.29, 0.717) is 28.3 Å². The van der Waals surface area contributed by atoms with Crippen LogP contribution in [0.5, 0.6) is 5.75 Å². The third-order valence-electron chi connectivity index (χ3n) is 6.44. The number of carboxylic acid groups (broad SMARTS) is 1. The maximum Gasteiger partial charge on any atom is 0.416 e. The van der Waals surface area contributed by atoms with Gasteiger partial charge in [0.15, 0.2) is 0 Å². The number of carboxylic acids is 1. The van der Waals surface area contributed by atoms with Crippen LogP contribution in [-0.4, -0.2) is 21.0 Å². The summed E-state index contributed by atoms with van der Waals surface area (Å²) in [5.74, 6) is -0.292. The molecule has 39 heavy (non-hydrogen) atoms. The van der Waals surface area contributed by atoms with Gasteiger partial charge in [-0.15, -0.1) is 11.3 Å². The minimum atomic E-state index is -4.40. The van der Waals surface area contributed by atoms with Gasteiger partial charge in [0, 0.05) is 28.7 Å². The number of carbonyl (C=O) groups is 1. The monoisotopic (exact) mass is 550 g/mol. The van der Waals surface area contributed by atoms with Crippen molar-refractivity contribution in [3.8, 4) is 16.3 Å². The summed E-state index contributed by atoms with van der Waals surface area (Å²) in [6.07, 6.45) is -1.75. The molecular weight excluding hydrogens is 525 g/mol. The summed E-state index contributed by atoms with van der Waals surface area (Å²) < 4.78 is 45.5. The van der Waals surface area contributed by atoms with Gasteiger partial charge >= 0.3 is 12.1 Å². The Balaban J connectivity index is 1.42. The predicted octanol–water partition coefficient (Wildman–Crippen LogP) is 7.86. The Morgan fingerprint density at radius 3 is 2.49 bits per heavy atom. The summed E-state index contributed by atoms with van der Waals surface area (Å²) in [5, 5.41) is 10.6. The summed E-state index contributed by atoms with van der Waals surface area (Å²) in [6, 6.07) is 20.5. The molecule has 2 heterocycles. The average molecular weight is 551 g/mol. The fourth-order valence-corrected chi connectivity index (χ4v) is 5.60. The number of thiazole rings is 1. The van der Waals surface area contributed by atoms with E-state index in [1.165, 1.54) is 23.5 Å². The summed E-state index contributed by atoms with van der Waals surface area (Å²) in [5.41, 5.74) is 3.40. The Morgan fingerprint density at radius 1 is 1.05 bits per heavy atom. The molecule has 3 aromatic carbocycles. The number of aromatic amines is 1. The van der Waals surface area contributed by atoms with E-state index in [2.05, 4.69) is 4.98 Å². The van der Waals surface area contributed by atoms with Crippen LogP contribution >= 0.6 is 11.3 Å². The molecule has 0 aliphatic heterocycles. The molecule has 9 heteroatoms. The molecule has 0 radical (unpaired) electrons. The number of rotatable bonds is 9. The number of halogens is 3. The van der Waals surface area contributed by atoms with Crippen LogP contribution in [-0.2, 0) is 30.2 Å². The maximum atomic E-state index is 13.1. The summed E-state index contributed by atoms with van der Waals surface area (Å²) >= 11 is 1.41. The van der Waals surface area contributed by atoms with Gasteiger partial charge in [-0.1, -0.05) is 42.5 Å². The van der Waals surface area contributed by atoms with Crippen molar-refractivity contribution in [2.45, 2.75) is 38.5 Å². The Hall–Kier alpha value is -4.11. The average Bonchev–Trinajstić information content (AvgIpc) is 3.51. The topological polar surface area (TPSA) is 75.2 Å². The molecule has 5 aromatic rings. The van der Waals surface area contributed by atoms with Gasteiger partial charge in [-0.05, 0) is 55.2 Å². The number of aryl methyl sites for hydroxylation is 2. The number of nitrogens with one attached hydrogen (secondary N) is 1. The van der Waals surface area contributed by atoms with Crippen molar-refractivity contribution in [2.75, 3.05) is 0 Å². The third-order valence-corrected chi connectivity index (χ3v) is 7.75. The summed E-state index contributed by atoms with van der Waals surface area (Å²) in [6.45, 7) is 1.92. The molecule has 5 rings (SSSR count). The molecule has 0 aliphatic carbocycles. The highest BCUT2D eigenvalue weighted by molar-refractivity contribution is 7.15. The summed E-state index contributed by atoms with van der Waals surface area (Å²) in [7, 11) is 0. The minimum Gasteiger partial charge on any atom is -0.485 e. The lowest BCUT2D eigenvalue weighted by molar-refractivity contribution is -0.138. The third kappa shape index (κ3) is 6.15. The Bertz CT molecular complexity index is 1590. The van der Waals surface area contributed by atoms with Crippen LogP contribution in [0.4, 0.5) is 13.2 Å². The Morgan fingerprint density at radius 2 is 1.79 bits per heavy atom. The molecular formula is C30H25F3N2O3S. The fourth-order valence-electron chi connectivity index (χ4n) is 4.50. The van der Waals surface area contributed by atoms with Crippen molar-refractivity contribution >= 4 is 28.2 Å². The number of nitrogens with zero attached hydrogens (tertiary/aromatic N) is 1. The van der Waals surface area contributed by atoms with Gasteiger partial charge in [0.05, 0.1) is 22.6 Å². The number of ether oxygens (including phenoxy) is 1. The molecule has 0 aliphatic rings. The molecule has 0 saturated heterocycles. The van der Waals surface area contributed by atoms with Crippen molar-refractivity contribution in [1.82, 2.24) is 9.97 Å². The molecule has 0 spiro atoms. The van der Waals surface area contributed by atoms with Gasteiger partial charge < -0.3 is 14.8 Å². The van der Waals surface area contributed by atoms with Crippen LogP contribution in [0.1, 0.15) is 40.3 Å². The van der Waals surface area contributed by atoms with Crippen LogP contribution in [0.3, 0.4) is 0 Å². The van der Waals surface area contributed by atoms with Gasteiger partial charge in [-0.2, -0.15) is 13.2 Å². The molecule has 2 N–H and O–H groups in total. The molecule has 0 fully saturated rings. The van der Waals surface area contributed by atoms with Gasteiger partial charge in [0.2, 0.25) is 0 Å². The fraction of sp³-hybridized carbons (Fsp3) is 0.200. The minimum absolute atomic E-state index is 0.0744. The van der Waals surface area contributed by atoms with Crippen LogP contribution in [0.15, 0.2) is 79.0 Å². The van der Waals surface area contributed by atoms with Crippen LogP contribution in [0.2, 0.25) is 0 Å². The zero-order chi connectivity index (χ0) is 27.6. The number of aromatic nitrogens is 2. The smallest absolute Gasteiger partial charge is 0.416 e. The van der Waals surface area contributed by atoms with Crippen molar-refractivity contribution in [3.05, 3.63) is 106 Å². The highest BCUT2D eigenvalue weighted by atomic mass is 32.1. The lowest BCUT2D eigenvalue weighted by atomic mass is 10.1. The number of aliphatic carboxylic acids is 1. The number of H-pyrrole nitrogens is 1. The molecule has 200 valence electrons. The molecule has 5 nitrogen and oxygen atoms in total. The summed E-state index contributed by atoms with van der Waals surface area (Å²) in [4.78, 5) is 20.0. The quantitative estimate of drug-likeness (QED) is 0.196. The van der Waals surface area contributed by atoms with E-state index >= 15 is 0 Å². The Kier molecular flexibility index (Phi) is 7.43. The van der Waals surface area contributed by atoms with E-state index in [1.807, 2.05) is 49.4 Å². The van der Waals surface area contributed by atoms with Crippen LogP contribution < -0.4 is 4.74 Å². The normalized spacial score (nSPS) is 12.5. The second-order valence-electron chi connectivity index (χ2n) is 9.24. The van der Waals surface area contributed by atoms with E-state index in [-0.39, 0.29) is 12.5 Å². The molecule has 0 bridgehead atoms. The highest BCUT2D eigenvalue weighted by Crippen LogP contribution is 2.37. The first-order valence-electron chi connectivity index (χ1n) is 12.4. The maximum absolute atomic E-state index is 13.1. The number of fused-ring (bicyclic) bond motifs is 1. The molecule has 0 saturated carbocycles. The van der Waals surface area contributed by atoms with Crippen LogP contribution in [0.25, 0.3) is 21.5 Å². The van der Waals surface area contributed by atoms with Crippen molar-refractivity contribution in [1.29, 1.82) is 0 Å². The number of hydrogen-bond donors (Lipinski definition) is 2. The van der Waals surface area contributed by atoms with Gasteiger partial charge in [0.25, 0.3) is 0 Å². The van der Waals surface area contributed by atoms with E-state index in [1.54, 1.807) is 12.3 Å². The van der Waals surface area contributed by atoms with Gasteiger partial charge in [0.1, 0.15) is 16.9 Å². The van der Waals surface area contributed by atoms with E-state index in [4.69, 9.17) is 14.8 Å².